The molecule has 1 aliphatic heterocycles. The highest BCUT2D eigenvalue weighted by Crippen LogP contribution is 2.27. The number of benzene rings is 1. The van der Waals surface area contributed by atoms with Crippen LogP contribution in [0, 0.1) is 11.7 Å². The Hall–Kier alpha value is -1.86. The van der Waals surface area contributed by atoms with Crippen molar-refractivity contribution in [1.29, 1.82) is 0 Å². The first-order valence-electron chi connectivity index (χ1n) is 8.96. The maximum absolute atomic E-state index is 13.1. The summed E-state index contributed by atoms with van der Waals surface area (Å²) >= 11 is 0. The fourth-order valence-electron chi connectivity index (χ4n) is 3.32. The summed E-state index contributed by atoms with van der Waals surface area (Å²) in [5.74, 6) is 1.24. The molecule has 2 heterocycles. The molecule has 3 rings (SSSR count). The summed E-state index contributed by atoms with van der Waals surface area (Å²) in [5, 5.41) is 12.5. The van der Waals surface area contributed by atoms with Gasteiger partial charge in [-0.15, -0.1) is 5.10 Å². The predicted octanol–water partition coefficient (Wildman–Crippen LogP) is 2.20. The van der Waals surface area contributed by atoms with Crippen molar-refractivity contribution in [3.8, 4) is 0 Å². The number of tetrazole rings is 1. The Morgan fingerprint density at radius 1 is 1.08 bits per heavy atom. The van der Waals surface area contributed by atoms with E-state index < -0.39 is 0 Å². The van der Waals surface area contributed by atoms with Crippen LogP contribution in [0.25, 0.3) is 0 Å². The minimum absolute atomic E-state index is 0.212. The smallest absolute Gasteiger partial charge is 0.168 e. The van der Waals surface area contributed by atoms with Gasteiger partial charge in [0.05, 0.1) is 12.6 Å². The third-order valence-corrected chi connectivity index (χ3v) is 4.78. The molecular formula is C18H27FN6. The molecule has 0 bridgehead atoms. The van der Waals surface area contributed by atoms with Crippen molar-refractivity contribution in [2.75, 3.05) is 33.2 Å². The molecule has 0 N–H and O–H groups in total. The summed E-state index contributed by atoms with van der Waals surface area (Å²) in [5.41, 5.74) is 0.997. The van der Waals surface area contributed by atoms with Crippen LogP contribution in [0.3, 0.4) is 0 Å². The van der Waals surface area contributed by atoms with E-state index >= 15 is 0 Å². The lowest BCUT2D eigenvalue weighted by molar-refractivity contribution is 0.0934. The second-order valence-corrected chi connectivity index (χ2v) is 7.31. The zero-order valence-electron chi connectivity index (χ0n) is 15.3. The fourth-order valence-corrected chi connectivity index (χ4v) is 3.32. The molecule has 6 nitrogen and oxygen atoms in total. The number of hydrogen-bond donors (Lipinski definition) is 0. The van der Waals surface area contributed by atoms with E-state index in [4.69, 9.17) is 0 Å². The summed E-state index contributed by atoms with van der Waals surface area (Å²) in [7, 11) is 2.16. The topological polar surface area (TPSA) is 50.1 Å². The van der Waals surface area contributed by atoms with Gasteiger partial charge in [-0.2, -0.15) is 0 Å². The lowest BCUT2D eigenvalue weighted by atomic mass is 10.0. The molecule has 0 radical (unpaired) electrons. The molecule has 25 heavy (non-hydrogen) atoms. The molecule has 0 amide bonds. The van der Waals surface area contributed by atoms with E-state index in [-0.39, 0.29) is 11.9 Å². The van der Waals surface area contributed by atoms with Gasteiger partial charge in [-0.05, 0) is 47.5 Å². The monoisotopic (exact) mass is 346 g/mol. The molecule has 0 saturated carbocycles. The van der Waals surface area contributed by atoms with Crippen molar-refractivity contribution < 1.29 is 4.39 Å². The lowest BCUT2D eigenvalue weighted by Crippen LogP contribution is -2.46. The van der Waals surface area contributed by atoms with Gasteiger partial charge in [0, 0.05) is 26.2 Å². The first-order valence-corrected chi connectivity index (χ1v) is 8.96. The molecule has 0 unspecified atom stereocenters. The van der Waals surface area contributed by atoms with E-state index in [1.54, 1.807) is 12.1 Å². The molecular weight excluding hydrogens is 319 g/mol. The van der Waals surface area contributed by atoms with Crippen molar-refractivity contribution in [2.45, 2.75) is 32.9 Å². The van der Waals surface area contributed by atoms with Gasteiger partial charge >= 0.3 is 0 Å². The van der Waals surface area contributed by atoms with E-state index in [0.29, 0.717) is 12.5 Å². The number of likely N-dealkylation sites (N-methyl/N-ethyl adjacent to an activating group) is 1. The minimum atomic E-state index is -0.226. The summed E-state index contributed by atoms with van der Waals surface area (Å²) in [6.45, 7) is 9.20. The second-order valence-electron chi connectivity index (χ2n) is 7.31. The van der Waals surface area contributed by atoms with Crippen molar-refractivity contribution in [2.24, 2.45) is 5.92 Å². The van der Waals surface area contributed by atoms with E-state index in [0.717, 1.165) is 44.0 Å². The van der Waals surface area contributed by atoms with Crippen LogP contribution in [0.4, 0.5) is 4.39 Å². The van der Waals surface area contributed by atoms with Crippen LogP contribution in [0.15, 0.2) is 24.3 Å². The van der Waals surface area contributed by atoms with Crippen molar-refractivity contribution >= 4 is 0 Å². The third-order valence-electron chi connectivity index (χ3n) is 4.78. The normalized spacial score (nSPS) is 18.0. The standard InChI is InChI=1S/C18H27FN6/c1-14(2)12-17(24-10-8-23(3)9-11-24)18-20-21-22-25(18)13-15-4-6-16(19)7-5-15/h4-7,14,17H,8-13H2,1-3H3/t17-/m0/s1. The molecule has 1 atom stereocenters. The van der Waals surface area contributed by atoms with E-state index in [2.05, 4.69) is 46.2 Å². The predicted molar refractivity (Wildman–Crippen MR) is 94.6 cm³/mol. The molecule has 2 aromatic rings. The van der Waals surface area contributed by atoms with Crippen LogP contribution in [-0.4, -0.2) is 63.2 Å². The van der Waals surface area contributed by atoms with Gasteiger partial charge in [-0.3, -0.25) is 4.90 Å². The molecule has 1 fully saturated rings. The highest BCUT2D eigenvalue weighted by atomic mass is 19.1. The van der Waals surface area contributed by atoms with Crippen LogP contribution in [0.2, 0.25) is 0 Å². The quantitative estimate of drug-likeness (QED) is 0.802. The number of halogens is 1. The molecule has 1 aromatic heterocycles. The molecule has 0 aliphatic carbocycles. The maximum atomic E-state index is 13.1. The van der Waals surface area contributed by atoms with Crippen LogP contribution in [0.5, 0.6) is 0 Å². The number of rotatable bonds is 6. The third kappa shape index (κ3) is 4.61. The summed E-state index contributed by atoms with van der Waals surface area (Å²) in [6.07, 6.45) is 1.02. The Labute approximate surface area is 148 Å². The molecule has 1 aromatic carbocycles. The van der Waals surface area contributed by atoms with Gasteiger partial charge in [0.1, 0.15) is 5.82 Å². The number of hydrogen-bond acceptors (Lipinski definition) is 5. The average molecular weight is 346 g/mol. The van der Waals surface area contributed by atoms with Crippen molar-refractivity contribution in [3.63, 3.8) is 0 Å². The Balaban J connectivity index is 1.81. The lowest BCUT2D eigenvalue weighted by Gasteiger charge is -2.38. The van der Waals surface area contributed by atoms with E-state index in [1.807, 2.05) is 4.68 Å². The average Bonchev–Trinajstić information content (AvgIpc) is 3.03. The molecule has 7 heteroatoms. The van der Waals surface area contributed by atoms with Crippen LogP contribution < -0.4 is 0 Å². The number of piperazine rings is 1. The van der Waals surface area contributed by atoms with Crippen LogP contribution >= 0.6 is 0 Å². The molecule has 136 valence electrons. The van der Waals surface area contributed by atoms with Gasteiger partial charge in [0.2, 0.25) is 0 Å². The Morgan fingerprint density at radius 2 is 1.76 bits per heavy atom. The molecule has 0 spiro atoms. The Bertz CT molecular complexity index is 660. The van der Waals surface area contributed by atoms with Gasteiger partial charge in [0.15, 0.2) is 5.82 Å². The summed E-state index contributed by atoms with van der Waals surface area (Å²) < 4.78 is 15.0. The fraction of sp³-hybridized carbons (Fsp3) is 0.611. The van der Waals surface area contributed by atoms with Crippen molar-refractivity contribution in [1.82, 2.24) is 30.0 Å². The highest BCUT2D eigenvalue weighted by molar-refractivity contribution is 5.16. The SMILES string of the molecule is CC(C)C[C@@H](c1nnnn1Cc1ccc(F)cc1)N1CCN(C)CC1. The summed E-state index contributed by atoms with van der Waals surface area (Å²) in [6, 6.07) is 6.74. The molecule has 1 saturated heterocycles. The second kappa shape index (κ2) is 8.01. The van der Waals surface area contributed by atoms with Gasteiger partial charge < -0.3 is 4.90 Å². The first kappa shape index (κ1) is 17.9. The number of aromatic nitrogens is 4. The van der Waals surface area contributed by atoms with Gasteiger partial charge in [-0.1, -0.05) is 26.0 Å². The van der Waals surface area contributed by atoms with E-state index in [1.165, 1.54) is 12.1 Å². The van der Waals surface area contributed by atoms with Gasteiger partial charge in [-0.25, -0.2) is 9.07 Å². The van der Waals surface area contributed by atoms with Crippen molar-refractivity contribution in [3.05, 3.63) is 41.5 Å². The number of nitrogens with zero attached hydrogens (tertiary/aromatic N) is 6. The first-order chi connectivity index (χ1) is 12.0. The highest BCUT2D eigenvalue weighted by Gasteiger charge is 2.29. The summed E-state index contributed by atoms with van der Waals surface area (Å²) in [4.78, 5) is 4.84. The van der Waals surface area contributed by atoms with Crippen LogP contribution in [-0.2, 0) is 6.54 Å². The maximum Gasteiger partial charge on any atom is 0.168 e. The van der Waals surface area contributed by atoms with Gasteiger partial charge in [0.25, 0.3) is 0 Å². The van der Waals surface area contributed by atoms with Crippen LogP contribution in [0.1, 0.15) is 37.7 Å². The Morgan fingerprint density at radius 3 is 2.40 bits per heavy atom. The minimum Gasteiger partial charge on any atom is -0.304 e. The molecule has 1 aliphatic rings. The van der Waals surface area contributed by atoms with E-state index in [9.17, 15) is 4.39 Å². The largest absolute Gasteiger partial charge is 0.304 e. The Kier molecular flexibility index (Phi) is 5.75. The zero-order chi connectivity index (χ0) is 17.8. The zero-order valence-corrected chi connectivity index (χ0v) is 15.3.